The standard InChI is InChI=1S/C21H27Cl2FN4O4S/c1-2-3-10-31-21(33)27-8-6-26(7-9-27)17-5-4-14(11-16(17)24)28-13-15(32-20(28)30)12-25-19(29)18(22)23/h4-5,11,15,18H,2-3,6-10,12-13H2,1H3,(H,25,29)/t15-/m0/s1. The van der Waals surface area contributed by atoms with Crippen LogP contribution in [0.1, 0.15) is 19.8 Å². The van der Waals surface area contributed by atoms with Crippen molar-refractivity contribution in [2.45, 2.75) is 30.7 Å². The van der Waals surface area contributed by atoms with Crippen LogP contribution in [-0.2, 0) is 14.3 Å². The van der Waals surface area contributed by atoms with E-state index in [0.717, 1.165) is 12.8 Å². The normalized spacial score (nSPS) is 18.5. The first-order valence-corrected chi connectivity index (χ1v) is 12.1. The molecule has 2 fully saturated rings. The third-order valence-electron chi connectivity index (χ3n) is 5.42. The van der Waals surface area contributed by atoms with E-state index in [2.05, 4.69) is 12.2 Å². The number of nitrogens with one attached hydrogen (secondary N) is 1. The molecule has 2 aliphatic rings. The number of nitrogens with zero attached hydrogens (tertiary/aromatic N) is 3. The number of halogens is 3. The number of anilines is 2. The SMILES string of the molecule is CCCCOC(=S)N1CCN(c2ccc(N3C[C@H](CNC(=O)C(Cl)Cl)OC3=O)cc2F)CC1. The molecule has 0 aliphatic carbocycles. The molecular formula is C21H27Cl2FN4O4S. The van der Waals surface area contributed by atoms with Crippen LogP contribution in [0.25, 0.3) is 0 Å². The Bertz CT molecular complexity index is 871. The monoisotopic (exact) mass is 520 g/mol. The maximum atomic E-state index is 14.9. The van der Waals surface area contributed by atoms with E-state index in [4.69, 9.17) is 44.9 Å². The fourth-order valence-corrected chi connectivity index (χ4v) is 4.00. The lowest BCUT2D eigenvalue weighted by Crippen LogP contribution is -2.49. The Labute approximate surface area is 207 Å². The first-order valence-electron chi connectivity index (χ1n) is 10.8. The summed E-state index contributed by atoms with van der Waals surface area (Å²) >= 11 is 16.3. The van der Waals surface area contributed by atoms with E-state index in [-0.39, 0.29) is 13.1 Å². The van der Waals surface area contributed by atoms with Crippen molar-refractivity contribution in [1.82, 2.24) is 10.2 Å². The zero-order valence-electron chi connectivity index (χ0n) is 18.3. The Morgan fingerprint density at radius 2 is 2.06 bits per heavy atom. The van der Waals surface area contributed by atoms with Crippen molar-refractivity contribution in [2.24, 2.45) is 0 Å². The van der Waals surface area contributed by atoms with Crippen LogP contribution < -0.4 is 15.1 Å². The minimum Gasteiger partial charge on any atom is -0.471 e. The molecule has 8 nitrogen and oxygen atoms in total. The molecule has 0 radical (unpaired) electrons. The minimum absolute atomic E-state index is 0.0614. The number of hydrogen-bond acceptors (Lipinski definition) is 6. The molecule has 1 aromatic rings. The molecule has 2 amide bonds. The van der Waals surface area contributed by atoms with Crippen molar-refractivity contribution in [3.8, 4) is 0 Å². The third-order valence-corrected chi connectivity index (χ3v) is 6.19. The quantitative estimate of drug-likeness (QED) is 0.320. The molecule has 3 rings (SSSR count). The number of rotatable bonds is 8. The number of carbonyl (C=O) groups is 2. The molecule has 12 heteroatoms. The summed E-state index contributed by atoms with van der Waals surface area (Å²) in [5.74, 6) is -1.00. The van der Waals surface area contributed by atoms with Gasteiger partial charge in [0.05, 0.1) is 31.1 Å². The number of piperazine rings is 1. The highest BCUT2D eigenvalue weighted by atomic mass is 35.5. The molecule has 33 heavy (non-hydrogen) atoms. The molecule has 0 saturated carbocycles. The molecule has 0 bridgehead atoms. The molecule has 0 spiro atoms. The van der Waals surface area contributed by atoms with Gasteiger partial charge in [-0.05, 0) is 36.8 Å². The summed E-state index contributed by atoms with van der Waals surface area (Å²) < 4.78 is 25.8. The summed E-state index contributed by atoms with van der Waals surface area (Å²) in [6.07, 6.45) is 0.798. The molecule has 0 unspecified atom stereocenters. The van der Waals surface area contributed by atoms with Crippen LogP contribution in [0.2, 0.25) is 0 Å². The number of unbranched alkanes of at least 4 members (excludes halogenated alkanes) is 1. The first kappa shape index (κ1) is 25.6. The zero-order valence-corrected chi connectivity index (χ0v) is 20.6. The topological polar surface area (TPSA) is 74.3 Å². The predicted octanol–water partition coefficient (Wildman–Crippen LogP) is 3.29. The molecule has 2 heterocycles. The largest absolute Gasteiger partial charge is 0.471 e. The van der Waals surface area contributed by atoms with Crippen LogP contribution in [0.5, 0.6) is 0 Å². The molecular weight excluding hydrogens is 494 g/mol. The van der Waals surface area contributed by atoms with Gasteiger partial charge in [-0.25, -0.2) is 9.18 Å². The smallest absolute Gasteiger partial charge is 0.414 e. The summed E-state index contributed by atoms with van der Waals surface area (Å²) in [5, 5.41) is 2.99. The second-order valence-electron chi connectivity index (χ2n) is 7.74. The highest BCUT2D eigenvalue weighted by molar-refractivity contribution is 7.80. The lowest BCUT2D eigenvalue weighted by Gasteiger charge is -2.37. The van der Waals surface area contributed by atoms with Crippen molar-refractivity contribution in [2.75, 3.05) is 55.7 Å². The summed E-state index contributed by atoms with van der Waals surface area (Å²) in [5.41, 5.74) is 0.842. The van der Waals surface area contributed by atoms with Gasteiger partial charge in [0.15, 0.2) is 4.84 Å². The van der Waals surface area contributed by atoms with E-state index in [9.17, 15) is 14.0 Å². The highest BCUT2D eigenvalue weighted by Gasteiger charge is 2.33. The number of thiocarbonyl (C=S) groups is 1. The predicted molar refractivity (Wildman–Crippen MR) is 130 cm³/mol. The minimum atomic E-state index is -1.20. The maximum absolute atomic E-state index is 14.9. The van der Waals surface area contributed by atoms with Crippen molar-refractivity contribution in [1.29, 1.82) is 0 Å². The molecule has 2 aliphatic heterocycles. The average molecular weight is 521 g/mol. The number of amides is 2. The van der Waals surface area contributed by atoms with Gasteiger partial charge in [0.25, 0.3) is 11.1 Å². The van der Waals surface area contributed by atoms with E-state index in [0.29, 0.717) is 49.3 Å². The number of hydrogen-bond donors (Lipinski definition) is 1. The Morgan fingerprint density at radius 3 is 2.70 bits per heavy atom. The van der Waals surface area contributed by atoms with Gasteiger partial charge < -0.3 is 24.6 Å². The maximum Gasteiger partial charge on any atom is 0.414 e. The molecule has 182 valence electrons. The van der Waals surface area contributed by atoms with Gasteiger partial charge in [0, 0.05) is 26.2 Å². The first-order chi connectivity index (χ1) is 15.8. The second kappa shape index (κ2) is 11.9. The summed E-state index contributed by atoms with van der Waals surface area (Å²) in [6.45, 7) is 5.42. The fourth-order valence-electron chi connectivity index (χ4n) is 3.58. The highest BCUT2D eigenvalue weighted by Crippen LogP contribution is 2.28. The number of benzene rings is 1. The van der Waals surface area contributed by atoms with E-state index in [1.807, 2.05) is 9.80 Å². The lowest BCUT2D eigenvalue weighted by molar-refractivity contribution is -0.119. The third kappa shape index (κ3) is 6.74. The van der Waals surface area contributed by atoms with E-state index < -0.39 is 28.8 Å². The number of carbonyl (C=O) groups excluding carboxylic acids is 2. The molecule has 1 atom stereocenters. The van der Waals surface area contributed by atoms with Crippen molar-refractivity contribution in [3.05, 3.63) is 24.0 Å². The van der Waals surface area contributed by atoms with Crippen LogP contribution in [0.4, 0.5) is 20.6 Å². The van der Waals surface area contributed by atoms with Crippen LogP contribution >= 0.6 is 35.4 Å². The molecule has 2 saturated heterocycles. The average Bonchev–Trinajstić information content (AvgIpc) is 3.18. The molecule has 1 N–H and O–H groups in total. The summed E-state index contributed by atoms with van der Waals surface area (Å²) in [7, 11) is 0. The van der Waals surface area contributed by atoms with E-state index in [1.165, 1.54) is 11.0 Å². The van der Waals surface area contributed by atoms with Crippen LogP contribution in [0.15, 0.2) is 18.2 Å². The Balaban J connectivity index is 1.54. The Kier molecular flexibility index (Phi) is 9.22. The van der Waals surface area contributed by atoms with Gasteiger partial charge >= 0.3 is 6.09 Å². The number of alkyl halides is 2. The lowest BCUT2D eigenvalue weighted by atomic mass is 10.2. The van der Waals surface area contributed by atoms with Crippen LogP contribution in [0.3, 0.4) is 0 Å². The Morgan fingerprint density at radius 1 is 1.33 bits per heavy atom. The summed E-state index contributed by atoms with van der Waals surface area (Å²) in [6, 6.07) is 4.65. The van der Waals surface area contributed by atoms with Gasteiger partial charge in [0.2, 0.25) is 0 Å². The molecule has 1 aromatic carbocycles. The van der Waals surface area contributed by atoms with Crippen LogP contribution in [-0.4, -0.2) is 78.9 Å². The second-order valence-corrected chi connectivity index (χ2v) is 9.19. The Hall–Kier alpha value is -2.04. The van der Waals surface area contributed by atoms with Gasteiger partial charge in [-0.3, -0.25) is 9.69 Å². The number of ether oxygens (including phenoxy) is 2. The van der Waals surface area contributed by atoms with Crippen molar-refractivity contribution in [3.63, 3.8) is 0 Å². The van der Waals surface area contributed by atoms with Crippen LogP contribution in [0, 0.1) is 5.82 Å². The van der Waals surface area contributed by atoms with E-state index in [1.54, 1.807) is 12.1 Å². The summed E-state index contributed by atoms with van der Waals surface area (Å²) in [4.78, 5) is 27.8. The van der Waals surface area contributed by atoms with Gasteiger partial charge in [-0.2, -0.15) is 0 Å². The van der Waals surface area contributed by atoms with Gasteiger partial charge in [0.1, 0.15) is 11.9 Å². The zero-order chi connectivity index (χ0) is 24.0. The van der Waals surface area contributed by atoms with E-state index >= 15 is 0 Å². The number of cyclic esters (lactones) is 1. The van der Waals surface area contributed by atoms with Gasteiger partial charge in [-0.1, -0.05) is 36.5 Å². The molecule has 0 aromatic heterocycles. The van der Waals surface area contributed by atoms with Crippen molar-refractivity contribution >= 4 is 64.0 Å². The van der Waals surface area contributed by atoms with Crippen molar-refractivity contribution < 1.29 is 23.5 Å². The fraction of sp³-hybridized carbons (Fsp3) is 0.571. The van der Waals surface area contributed by atoms with Gasteiger partial charge in [-0.15, -0.1) is 0 Å².